The Labute approximate surface area is 83.5 Å². The number of aliphatic hydroxyl groups is 1. The van der Waals surface area contributed by atoms with E-state index in [1.807, 2.05) is 0 Å². The van der Waals surface area contributed by atoms with E-state index in [2.05, 4.69) is 48.5 Å². The van der Waals surface area contributed by atoms with E-state index in [9.17, 15) is 5.11 Å². The Kier molecular flexibility index (Phi) is 3.98. The van der Waals surface area contributed by atoms with Gasteiger partial charge in [0, 0.05) is 0 Å². The van der Waals surface area contributed by atoms with E-state index in [-0.39, 0.29) is 5.41 Å². The van der Waals surface area contributed by atoms with Crippen LogP contribution in [0, 0.1) is 17.3 Å². The van der Waals surface area contributed by atoms with E-state index >= 15 is 0 Å². The summed E-state index contributed by atoms with van der Waals surface area (Å²) in [5, 5.41) is 10.5. The fourth-order valence-corrected chi connectivity index (χ4v) is 1.92. The normalized spacial score (nSPS) is 14.3. The highest BCUT2D eigenvalue weighted by Gasteiger charge is 2.37. The van der Waals surface area contributed by atoms with Crippen LogP contribution in [0.2, 0.25) is 0 Å². The zero-order valence-electron chi connectivity index (χ0n) is 10.3. The van der Waals surface area contributed by atoms with Crippen molar-refractivity contribution in [3.8, 4) is 0 Å². The molecule has 0 saturated heterocycles. The molecule has 0 heterocycles. The lowest BCUT2D eigenvalue weighted by molar-refractivity contribution is -0.0754. The van der Waals surface area contributed by atoms with E-state index in [4.69, 9.17) is 0 Å². The quantitative estimate of drug-likeness (QED) is 0.715. The van der Waals surface area contributed by atoms with Crippen molar-refractivity contribution in [3.63, 3.8) is 0 Å². The van der Waals surface area contributed by atoms with Crippen molar-refractivity contribution in [1.29, 1.82) is 0 Å². The second-order valence-corrected chi connectivity index (χ2v) is 6.04. The molecule has 80 valence electrons. The van der Waals surface area contributed by atoms with Gasteiger partial charge < -0.3 is 5.11 Å². The lowest BCUT2D eigenvalue weighted by Gasteiger charge is -2.41. The van der Waals surface area contributed by atoms with Gasteiger partial charge in [-0.15, -0.1) is 0 Å². The molecular formula is C12H26O. The summed E-state index contributed by atoms with van der Waals surface area (Å²) in [7, 11) is 0. The fourth-order valence-electron chi connectivity index (χ4n) is 1.92. The maximum atomic E-state index is 10.5. The van der Waals surface area contributed by atoms with Crippen molar-refractivity contribution >= 4 is 0 Å². The van der Waals surface area contributed by atoms with Crippen molar-refractivity contribution in [3.05, 3.63) is 0 Å². The van der Waals surface area contributed by atoms with Crippen LogP contribution >= 0.6 is 0 Å². The monoisotopic (exact) mass is 186 g/mol. The molecule has 0 atom stereocenters. The molecule has 0 aliphatic carbocycles. The van der Waals surface area contributed by atoms with Gasteiger partial charge in [-0.2, -0.15) is 0 Å². The smallest absolute Gasteiger partial charge is 0.0698 e. The molecule has 1 heteroatoms. The molecule has 0 bridgehead atoms. The molecule has 13 heavy (non-hydrogen) atoms. The van der Waals surface area contributed by atoms with E-state index < -0.39 is 5.60 Å². The number of rotatable bonds is 3. The predicted octanol–water partition coefficient (Wildman–Crippen LogP) is 3.47. The van der Waals surface area contributed by atoms with Crippen LogP contribution in [0.25, 0.3) is 0 Å². The summed E-state index contributed by atoms with van der Waals surface area (Å²) in [4.78, 5) is 0. The zero-order chi connectivity index (χ0) is 10.9. The summed E-state index contributed by atoms with van der Waals surface area (Å²) >= 11 is 0. The van der Waals surface area contributed by atoms with Crippen LogP contribution in [0.4, 0.5) is 0 Å². The van der Waals surface area contributed by atoms with Gasteiger partial charge in [0.05, 0.1) is 5.60 Å². The van der Waals surface area contributed by atoms with E-state index in [0.717, 1.165) is 6.42 Å². The average molecular weight is 186 g/mol. The van der Waals surface area contributed by atoms with Gasteiger partial charge in [0.2, 0.25) is 0 Å². The van der Waals surface area contributed by atoms with Crippen LogP contribution in [0.3, 0.4) is 0 Å². The second kappa shape index (κ2) is 4.00. The Morgan fingerprint density at radius 3 is 1.31 bits per heavy atom. The summed E-state index contributed by atoms with van der Waals surface area (Å²) in [5.74, 6) is 0.651. The number of hydrogen-bond donors (Lipinski definition) is 1. The van der Waals surface area contributed by atoms with Gasteiger partial charge in [-0.25, -0.2) is 0 Å². The third kappa shape index (κ3) is 3.68. The summed E-state index contributed by atoms with van der Waals surface area (Å²) < 4.78 is 0. The molecule has 0 aliphatic rings. The highest BCUT2D eigenvalue weighted by molar-refractivity contribution is 4.89. The van der Waals surface area contributed by atoms with Crippen molar-refractivity contribution in [2.75, 3.05) is 0 Å². The molecule has 0 aromatic heterocycles. The second-order valence-electron chi connectivity index (χ2n) is 6.04. The highest BCUT2D eigenvalue weighted by atomic mass is 16.3. The van der Waals surface area contributed by atoms with Crippen LogP contribution < -0.4 is 0 Å². The van der Waals surface area contributed by atoms with Crippen molar-refractivity contribution in [2.45, 2.75) is 60.5 Å². The van der Waals surface area contributed by atoms with Crippen LogP contribution in [0.1, 0.15) is 54.9 Å². The van der Waals surface area contributed by atoms with Gasteiger partial charge in [-0.3, -0.25) is 0 Å². The van der Waals surface area contributed by atoms with Gasteiger partial charge >= 0.3 is 0 Å². The van der Waals surface area contributed by atoms with E-state index in [1.165, 1.54) is 0 Å². The first-order valence-electron chi connectivity index (χ1n) is 5.32. The minimum Gasteiger partial charge on any atom is -0.389 e. The minimum absolute atomic E-state index is 0.198. The fraction of sp³-hybridized carbons (Fsp3) is 1.00. The Bertz CT molecular complexity index is 143. The Morgan fingerprint density at radius 2 is 1.23 bits per heavy atom. The number of hydrogen-bond acceptors (Lipinski definition) is 1. The minimum atomic E-state index is -0.516. The summed E-state index contributed by atoms with van der Waals surface area (Å²) in [5.41, 5.74) is -0.318. The molecule has 0 fully saturated rings. The highest BCUT2D eigenvalue weighted by Crippen LogP contribution is 2.37. The molecule has 0 aromatic rings. The molecule has 1 nitrogen and oxygen atoms in total. The van der Waals surface area contributed by atoms with Crippen molar-refractivity contribution < 1.29 is 5.11 Å². The predicted molar refractivity (Wildman–Crippen MR) is 58.7 cm³/mol. The standard InChI is InChI=1S/C12H26O/c1-9(2)12(13,10(3)4)8-11(5,6)7/h9-10,13H,8H2,1-7H3. The Morgan fingerprint density at radius 1 is 0.923 bits per heavy atom. The third-order valence-electron chi connectivity index (χ3n) is 2.81. The maximum absolute atomic E-state index is 10.5. The average Bonchev–Trinajstić information content (AvgIpc) is 1.82. The molecule has 0 rings (SSSR count). The molecule has 0 spiro atoms. The molecule has 0 saturated carbocycles. The summed E-state index contributed by atoms with van der Waals surface area (Å²) in [6.07, 6.45) is 0.870. The molecule has 1 N–H and O–H groups in total. The van der Waals surface area contributed by atoms with Crippen LogP contribution in [0.15, 0.2) is 0 Å². The Hall–Kier alpha value is -0.0400. The van der Waals surface area contributed by atoms with Crippen LogP contribution in [-0.2, 0) is 0 Å². The largest absolute Gasteiger partial charge is 0.389 e. The van der Waals surface area contributed by atoms with E-state index in [1.54, 1.807) is 0 Å². The zero-order valence-corrected chi connectivity index (χ0v) is 10.3. The van der Waals surface area contributed by atoms with Crippen LogP contribution in [-0.4, -0.2) is 10.7 Å². The van der Waals surface area contributed by atoms with Gasteiger partial charge in [0.15, 0.2) is 0 Å². The van der Waals surface area contributed by atoms with Crippen molar-refractivity contribution in [1.82, 2.24) is 0 Å². The third-order valence-corrected chi connectivity index (χ3v) is 2.81. The van der Waals surface area contributed by atoms with E-state index in [0.29, 0.717) is 11.8 Å². The van der Waals surface area contributed by atoms with Gasteiger partial charge in [-0.05, 0) is 23.7 Å². The molecular weight excluding hydrogens is 160 g/mol. The Balaban J connectivity index is 4.62. The summed E-state index contributed by atoms with van der Waals surface area (Å²) in [6, 6.07) is 0. The molecule has 0 amide bonds. The topological polar surface area (TPSA) is 20.2 Å². The lowest BCUT2D eigenvalue weighted by Crippen LogP contribution is -2.43. The van der Waals surface area contributed by atoms with Crippen molar-refractivity contribution in [2.24, 2.45) is 17.3 Å². The SMILES string of the molecule is CC(C)C(O)(CC(C)(C)C)C(C)C. The maximum Gasteiger partial charge on any atom is 0.0698 e. The van der Waals surface area contributed by atoms with Gasteiger partial charge in [-0.1, -0.05) is 48.5 Å². The molecule has 0 aromatic carbocycles. The van der Waals surface area contributed by atoms with Crippen LogP contribution in [0.5, 0.6) is 0 Å². The molecule has 0 aliphatic heterocycles. The first-order valence-corrected chi connectivity index (χ1v) is 5.32. The van der Waals surface area contributed by atoms with Gasteiger partial charge in [0.1, 0.15) is 0 Å². The molecule has 0 unspecified atom stereocenters. The lowest BCUT2D eigenvalue weighted by atomic mass is 9.70. The summed E-state index contributed by atoms with van der Waals surface area (Å²) in [6.45, 7) is 15.0. The van der Waals surface area contributed by atoms with Gasteiger partial charge in [0.25, 0.3) is 0 Å². The molecule has 0 radical (unpaired) electrons. The first kappa shape index (κ1) is 13.0. The first-order chi connectivity index (χ1) is 5.59.